The van der Waals surface area contributed by atoms with E-state index in [1.54, 1.807) is 0 Å². The molecule has 0 radical (unpaired) electrons. The molecule has 0 heterocycles. The van der Waals surface area contributed by atoms with E-state index < -0.39 is 0 Å². The average Bonchev–Trinajstić information content (AvgIpc) is 2.21. The molecule has 1 rings (SSSR count). The van der Waals surface area contributed by atoms with Crippen molar-refractivity contribution in [2.45, 2.75) is 44.9 Å². The fourth-order valence-corrected chi connectivity index (χ4v) is 2.27. The summed E-state index contributed by atoms with van der Waals surface area (Å²) in [6.45, 7) is 1.08. The lowest BCUT2D eigenvalue weighted by Gasteiger charge is -2.20. The summed E-state index contributed by atoms with van der Waals surface area (Å²) in [5, 5.41) is 6.43. The van der Waals surface area contributed by atoms with Crippen LogP contribution in [0, 0.1) is 5.92 Å². The molecule has 0 aromatic carbocycles. The highest BCUT2D eigenvalue weighted by atomic mass is 127. The first-order chi connectivity index (χ1) is 7.36. The van der Waals surface area contributed by atoms with Crippen LogP contribution in [-0.4, -0.2) is 26.6 Å². The Morgan fingerprint density at radius 3 is 2.19 bits per heavy atom. The summed E-state index contributed by atoms with van der Waals surface area (Å²) in [5.41, 5.74) is 0. The third-order valence-electron chi connectivity index (χ3n) is 3.24. The van der Waals surface area contributed by atoms with Crippen molar-refractivity contribution in [2.75, 3.05) is 20.6 Å². The molecular weight excluding hydrogens is 313 g/mol. The Kier molecular flexibility index (Phi) is 10.2. The van der Waals surface area contributed by atoms with Crippen LogP contribution in [0.3, 0.4) is 0 Å². The largest absolute Gasteiger partial charge is 0.359 e. The maximum Gasteiger partial charge on any atom is 0.190 e. The van der Waals surface area contributed by atoms with Gasteiger partial charge in [0, 0.05) is 20.6 Å². The molecule has 0 bridgehead atoms. The summed E-state index contributed by atoms with van der Waals surface area (Å²) in [7, 11) is 3.73. The topological polar surface area (TPSA) is 36.4 Å². The predicted octanol–water partition coefficient (Wildman–Crippen LogP) is 2.76. The molecule has 0 aromatic heterocycles. The molecule has 0 aliphatic heterocycles. The third kappa shape index (κ3) is 6.55. The second kappa shape index (κ2) is 10.2. The van der Waals surface area contributed by atoms with E-state index in [1.165, 1.54) is 44.9 Å². The van der Waals surface area contributed by atoms with E-state index in [4.69, 9.17) is 0 Å². The number of halogens is 1. The van der Waals surface area contributed by atoms with Crippen LogP contribution in [0.5, 0.6) is 0 Å². The third-order valence-corrected chi connectivity index (χ3v) is 3.24. The zero-order chi connectivity index (χ0) is 10.9. The molecule has 2 N–H and O–H groups in total. The molecule has 0 saturated heterocycles. The average molecular weight is 339 g/mol. The van der Waals surface area contributed by atoms with Gasteiger partial charge in [-0.15, -0.1) is 24.0 Å². The molecule has 1 aliphatic rings. The molecule has 0 atom stereocenters. The number of hydrogen-bond donors (Lipinski definition) is 2. The van der Waals surface area contributed by atoms with Crippen LogP contribution in [0.25, 0.3) is 0 Å². The lowest BCUT2D eigenvalue weighted by Crippen LogP contribution is -2.37. The highest BCUT2D eigenvalue weighted by Gasteiger charge is 2.11. The number of nitrogens with one attached hydrogen (secondary N) is 2. The van der Waals surface area contributed by atoms with Crippen LogP contribution in [-0.2, 0) is 0 Å². The van der Waals surface area contributed by atoms with Gasteiger partial charge in [-0.1, -0.05) is 32.1 Å². The highest BCUT2D eigenvalue weighted by Crippen LogP contribution is 2.21. The Bertz CT molecular complexity index is 187. The Morgan fingerprint density at radius 1 is 1.12 bits per heavy atom. The summed E-state index contributed by atoms with van der Waals surface area (Å²) >= 11 is 0. The van der Waals surface area contributed by atoms with Gasteiger partial charge in [-0.2, -0.15) is 0 Å². The molecule has 4 heteroatoms. The second-order valence-corrected chi connectivity index (χ2v) is 4.41. The van der Waals surface area contributed by atoms with Gasteiger partial charge in [-0.3, -0.25) is 4.99 Å². The van der Waals surface area contributed by atoms with Crippen molar-refractivity contribution < 1.29 is 0 Å². The maximum absolute atomic E-state index is 4.13. The monoisotopic (exact) mass is 339 g/mol. The van der Waals surface area contributed by atoms with Crippen LogP contribution >= 0.6 is 24.0 Å². The van der Waals surface area contributed by atoms with Gasteiger partial charge >= 0.3 is 0 Å². The van der Waals surface area contributed by atoms with Crippen LogP contribution in [0.1, 0.15) is 44.9 Å². The van der Waals surface area contributed by atoms with Gasteiger partial charge in [-0.05, 0) is 18.8 Å². The summed E-state index contributed by atoms with van der Waals surface area (Å²) in [6.07, 6.45) is 9.88. The maximum atomic E-state index is 4.13. The minimum atomic E-state index is 0. The number of aliphatic imine (C=N–C) groups is 1. The van der Waals surface area contributed by atoms with Gasteiger partial charge < -0.3 is 10.6 Å². The van der Waals surface area contributed by atoms with E-state index in [0.717, 1.165) is 18.4 Å². The van der Waals surface area contributed by atoms with Gasteiger partial charge in [0.15, 0.2) is 5.96 Å². The summed E-state index contributed by atoms with van der Waals surface area (Å²) in [5.74, 6) is 1.76. The Labute approximate surface area is 117 Å². The standard InChI is InChI=1S/C12H25N3.HI/c1-13-12(14-2)15-10-11-8-6-4-3-5-7-9-11;/h11H,3-10H2,1-2H3,(H2,13,14,15);1H. The number of hydrogen-bond acceptors (Lipinski definition) is 1. The first kappa shape index (κ1) is 16.0. The quantitative estimate of drug-likeness (QED) is 0.461. The van der Waals surface area contributed by atoms with Crippen molar-refractivity contribution in [2.24, 2.45) is 10.9 Å². The smallest absolute Gasteiger partial charge is 0.190 e. The summed E-state index contributed by atoms with van der Waals surface area (Å²) in [6, 6.07) is 0. The second-order valence-electron chi connectivity index (χ2n) is 4.41. The molecule has 3 nitrogen and oxygen atoms in total. The van der Waals surface area contributed by atoms with E-state index in [0.29, 0.717) is 0 Å². The molecular formula is C12H26IN3. The fourth-order valence-electron chi connectivity index (χ4n) is 2.27. The summed E-state index contributed by atoms with van der Waals surface area (Å²) < 4.78 is 0. The zero-order valence-corrected chi connectivity index (χ0v) is 12.9. The molecule has 1 fully saturated rings. The van der Waals surface area contributed by atoms with E-state index in [2.05, 4.69) is 15.6 Å². The normalized spacial score (nSPS) is 19.2. The molecule has 16 heavy (non-hydrogen) atoms. The molecule has 0 aromatic rings. The Morgan fingerprint density at radius 2 is 1.69 bits per heavy atom. The van der Waals surface area contributed by atoms with Crippen molar-refractivity contribution in [1.29, 1.82) is 0 Å². The van der Waals surface area contributed by atoms with Gasteiger partial charge in [-0.25, -0.2) is 0 Å². The molecule has 0 amide bonds. The fraction of sp³-hybridized carbons (Fsp3) is 0.917. The highest BCUT2D eigenvalue weighted by molar-refractivity contribution is 14.0. The first-order valence-electron chi connectivity index (χ1n) is 6.25. The van der Waals surface area contributed by atoms with Crippen molar-refractivity contribution in [3.05, 3.63) is 0 Å². The lowest BCUT2D eigenvalue weighted by atomic mass is 9.91. The van der Waals surface area contributed by atoms with Crippen molar-refractivity contribution >= 4 is 29.9 Å². The van der Waals surface area contributed by atoms with Gasteiger partial charge in [0.05, 0.1) is 0 Å². The molecule has 0 spiro atoms. The van der Waals surface area contributed by atoms with E-state index in [1.807, 2.05) is 14.1 Å². The zero-order valence-electron chi connectivity index (χ0n) is 10.6. The summed E-state index contributed by atoms with van der Waals surface area (Å²) in [4.78, 5) is 4.13. The Hall–Kier alpha value is 0. The predicted molar refractivity (Wildman–Crippen MR) is 81.6 cm³/mol. The molecule has 1 saturated carbocycles. The minimum Gasteiger partial charge on any atom is -0.359 e. The molecule has 0 unspecified atom stereocenters. The first-order valence-corrected chi connectivity index (χ1v) is 6.25. The van der Waals surface area contributed by atoms with E-state index in [-0.39, 0.29) is 24.0 Å². The van der Waals surface area contributed by atoms with Gasteiger partial charge in [0.25, 0.3) is 0 Å². The molecule has 96 valence electrons. The number of nitrogens with zero attached hydrogens (tertiary/aromatic N) is 1. The Balaban J connectivity index is 0.00000225. The van der Waals surface area contributed by atoms with Crippen LogP contribution < -0.4 is 10.6 Å². The van der Waals surface area contributed by atoms with Crippen molar-refractivity contribution in [3.8, 4) is 0 Å². The van der Waals surface area contributed by atoms with Gasteiger partial charge in [0.2, 0.25) is 0 Å². The van der Waals surface area contributed by atoms with Crippen LogP contribution in [0.4, 0.5) is 0 Å². The van der Waals surface area contributed by atoms with Crippen molar-refractivity contribution in [1.82, 2.24) is 10.6 Å². The SMILES string of the molecule is CN=C(NC)NCC1CCCCCCC1.I. The van der Waals surface area contributed by atoms with Crippen LogP contribution in [0.15, 0.2) is 4.99 Å². The van der Waals surface area contributed by atoms with E-state index in [9.17, 15) is 0 Å². The number of rotatable bonds is 2. The molecule has 1 aliphatic carbocycles. The van der Waals surface area contributed by atoms with Crippen LogP contribution in [0.2, 0.25) is 0 Å². The number of guanidine groups is 1. The minimum absolute atomic E-state index is 0. The van der Waals surface area contributed by atoms with Gasteiger partial charge in [0.1, 0.15) is 0 Å². The lowest BCUT2D eigenvalue weighted by molar-refractivity contribution is 0.375. The van der Waals surface area contributed by atoms with E-state index >= 15 is 0 Å². The van der Waals surface area contributed by atoms with Crippen molar-refractivity contribution in [3.63, 3.8) is 0 Å².